The van der Waals surface area contributed by atoms with Gasteiger partial charge in [-0.3, -0.25) is 9.35 Å². The molecule has 160 valence electrons. The molecule has 2 aromatic rings. The van der Waals surface area contributed by atoms with Gasteiger partial charge in [-0.1, -0.05) is 23.2 Å². The lowest BCUT2D eigenvalue weighted by Gasteiger charge is -2.13. The van der Waals surface area contributed by atoms with E-state index < -0.39 is 66.9 Å². The molecule has 1 aromatic heterocycles. The number of amides is 1. The van der Waals surface area contributed by atoms with Crippen LogP contribution in [0.1, 0.15) is 21.6 Å². The van der Waals surface area contributed by atoms with Gasteiger partial charge in [-0.25, -0.2) is 9.40 Å². The van der Waals surface area contributed by atoms with Crippen molar-refractivity contribution in [2.24, 2.45) is 0 Å². The molecule has 0 aliphatic rings. The van der Waals surface area contributed by atoms with Crippen molar-refractivity contribution in [3.63, 3.8) is 0 Å². The van der Waals surface area contributed by atoms with Gasteiger partial charge in [-0.2, -0.15) is 39.9 Å². The van der Waals surface area contributed by atoms with Crippen molar-refractivity contribution >= 4 is 45.2 Å². The van der Waals surface area contributed by atoms with Crippen LogP contribution in [-0.4, -0.2) is 28.7 Å². The Bertz CT molecular complexity index is 1070. The van der Waals surface area contributed by atoms with E-state index in [2.05, 4.69) is 5.10 Å². The molecular formula is C12H6Cl2F6N4O4S. The molecule has 0 spiro atoms. The van der Waals surface area contributed by atoms with Gasteiger partial charge in [0.1, 0.15) is 17.1 Å². The maximum Gasteiger partial charge on any atom is 0.422 e. The number of alkyl halides is 6. The minimum Gasteiger partial charge on any atom is -0.383 e. The number of nitrogens with one attached hydrogen (secondary N) is 1. The van der Waals surface area contributed by atoms with Crippen molar-refractivity contribution in [1.29, 1.82) is 0 Å². The average molecular weight is 487 g/mol. The standard InChI is InChI=1S/C12H6Cl2F6N4O4S/c13-4-1-3(11(15,16)17)2-5(14)8(4)24-9(21)6(12(18,19)20)7(22-24)10(25)23-29(26,27)28/h1-2H,21H2,(H,23,25)(H,26,27,28). The summed E-state index contributed by atoms with van der Waals surface area (Å²) in [6.07, 6.45) is -10.3. The molecule has 0 atom stereocenters. The molecule has 0 bridgehead atoms. The van der Waals surface area contributed by atoms with Crippen molar-refractivity contribution in [1.82, 2.24) is 14.5 Å². The lowest BCUT2D eigenvalue weighted by Crippen LogP contribution is -2.31. The summed E-state index contributed by atoms with van der Waals surface area (Å²) in [6.45, 7) is 0. The Hall–Kier alpha value is -2.23. The number of nitrogens with two attached hydrogens (primary N) is 1. The first kappa shape index (κ1) is 23.1. The molecule has 1 heterocycles. The molecular weight excluding hydrogens is 481 g/mol. The average Bonchev–Trinajstić information content (AvgIpc) is 2.81. The van der Waals surface area contributed by atoms with E-state index in [0.717, 1.165) is 4.72 Å². The Morgan fingerprint density at radius 3 is 1.97 bits per heavy atom. The summed E-state index contributed by atoms with van der Waals surface area (Å²) in [5, 5.41) is 1.53. The second kappa shape index (κ2) is 7.23. The summed E-state index contributed by atoms with van der Waals surface area (Å²) < 4.78 is 109. The van der Waals surface area contributed by atoms with Gasteiger partial charge >= 0.3 is 22.7 Å². The number of anilines is 1. The number of aromatic nitrogens is 2. The van der Waals surface area contributed by atoms with Crippen LogP contribution in [-0.2, 0) is 22.7 Å². The first-order valence-electron chi connectivity index (χ1n) is 6.75. The fourth-order valence-corrected chi connectivity index (χ4v) is 3.12. The van der Waals surface area contributed by atoms with Crippen LogP contribution in [0, 0.1) is 0 Å². The van der Waals surface area contributed by atoms with E-state index in [9.17, 15) is 39.6 Å². The van der Waals surface area contributed by atoms with Gasteiger partial charge in [0.15, 0.2) is 5.69 Å². The van der Waals surface area contributed by atoms with Gasteiger partial charge in [-0.15, -0.1) is 0 Å². The van der Waals surface area contributed by atoms with E-state index in [-0.39, 0.29) is 4.68 Å². The van der Waals surface area contributed by atoms with E-state index in [1.165, 1.54) is 0 Å². The Balaban J connectivity index is 2.78. The third-order valence-electron chi connectivity index (χ3n) is 3.20. The quantitative estimate of drug-likeness (QED) is 0.451. The van der Waals surface area contributed by atoms with E-state index in [0.29, 0.717) is 12.1 Å². The molecule has 0 radical (unpaired) electrons. The molecule has 8 nitrogen and oxygen atoms in total. The van der Waals surface area contributed by atoms with Crippen LogP contribution in [0.5, 0.6) is 0 Å². The van der Waals surface area contributed by atoms with Gasteiger partial charge in [0.05, 0.1) is 15.6 Å². The van der Waals surface area contributed by atoms with Crippen molar-refractivity contribution in [3.8, 4) is 5.69 Å². The first-order chi connectivity index (χ1) is 12.9. The lowest BCUT2D eigenvalue weighted by molar-refractivity contribution is -0.138. The van der Waals surface area contributed by atoms with Gasteiger partial charge < -0.3 is 5.73 Å². The van der Waals surface area contributed by atoms with E-state index in [1.54, 1.807) is 0 Å². The molecule has 0 saturated carbocycles. The molecule has 17 heteroatoms. The van der Waals surface area contributed by atoms with Crippen LogP contribution in [0.15, 0.2) is 12.1 Å². The predicted octanol–water partition coefficient (Wildman–Crippen LogP) is 3.33. The summed E-state index contributed by atoms with van der Waals surface area (Å²) in [4.78, 5) is 11.8. The molecule has 2 rings (SSSR count). The normalized spacial score (nSPS) is 12.9. The highest BCUT2D eigenvalue weighted by Crippen LogP contribution is 2.41. The highest BCUT2D eigenvalue weighted by atomic mass is 35.5. The third kappa shape index (κ3) is 4.85. The molecule has 1 amide bonds. The third-order valence-corrected chi connectivity index (χ3v) is 4.22. The predicted molar refractivity (Wildman–Crippen MR) is 87.0 cm³/mol. The zero-order valence-electron chi connectivity index (χ0n) is 13.2. The number of hydrogen-bond acceptors (Lipinski definition) is 5. The number of nitrogens with zero attached hydrogens (tertiary/aromatic N) is 2. The highest BCUT2D eigenvalue weighted by molar-refractivity contribution is 7.84. The summed E-state index contributed by atoms with van der Waals surface area (Å²) in [7, 11) is -5.27. The van der Waals surface area contributed by atoms with Crippen LogP contribution >= 0.6 is 23.2 Å². The molecule has 0 saturated heterocycles. The molecule has 29 heavy (non-hydrogen) atoms. The summed E-state index contributed by atoms with van der Waals surface area (Å²) >= 11 is 11.4. The lowest BCUT2D eigenvalue weighted by atomic mass is 10.2. The zero-order valence-corrected chi connectivity index (χ0v) is 15.6. The number of hydrogen-bond donors (Lipinski definition) is 3. The van der Waals surface area contributed by atoms with Crippen LogP contribution in [0.25, 0.3) is 5.69 Å². The minimum absolute atomic E-state index is 0.118. The fourth-order valence-electron chi connectivity index (χ4n) is 2.14. The number of carbonyl (C=O) groups is 1. The Labute approximate surface area is 167 Å². The molecule has 0 fully saturated rings. The molecule has 0 aliphatic heterocycles. The Kier molecular flexibility index (Phi) is 5.75. The maximum atomic E-state index is 13.3. The maximum absolute atomic E-state index is 13.3. The summed E-state index contributed by atoms with van der Waals surface area (Å²) in [6, 6.07) is 0.657. The van der Waals surface area contributed by atoms with Crippen molar-refractivity contribution < 1.29 is 44.1 Å². The first-order valence-corrected chi connectivity index (χ1v) is 8.95. The van der Waals surface area contributed by atoms with E-state index >= 15 is 0 Å². The second-order valence-corrected chi connectivity index (χ2v) is 7.18. The molecule has 0 unspecified atom stereocenters. The van der Waals surface area contributed by atoms with Gasteiger partial charge in [0, 0.05) is 0 Å². The second-order valence-electron chi connectivity index (χ2n) is 5.21. The van der Waals surface area contributed by atoms with Gasteiger partial charge in [-0.05, 0) is 12.1 Å². The van der Waals surface area contributed by atoms with Gasteiger partial charge in [0.25, 0.3) is 5.91 Å². The molecule has 0 aliphatic carbocycles. The number of benzene rings is 1. The zero-order chi connectivity index (χ0) is 22.5. The number of rotatable bonds is 3. The summed E-state index contributed by atoms with van der Waals surface area (Å²) in [5.41, 5.74) is -0.288. The molecule has 1 aromatic carbocycles. The van der Waals surface area contributed by atoms with Crippen LogP contribution in [0.3, 0.4) is 0 Å². The number of halogens is 8. The van der Waals surface area contributed by atoms with Crippen LogP contribution in [0.2, 0.25) is 10.0 Å². The highest BCUT2D eigenvalue weighted by Gasteiger charge is 2.43. The number of carbonyl (C=O) groups excluding carboxylic acids is 1. The largest absolute Gasteiger partial charge is 0.422 e. The minimum atomic E-state index is -5.36. The Morgan fingerprint density at radius 1 is 1.10 bits per heavy atom. The smallest absolute Gasteiger partial charge is 0.383 e. The van der Waals surface area contributed by atoms with Crippen molar-refractivity contribution in [2.75, 3.05) is 5.73 Å². The van der Waals surface area contributed by atoms with Crippen LogP contribution < -0.4 is 10.5 Å². The summed E-state index contributed by atoms with van der Waals surface area (Å²) in [5.74, 6) is -3.36. The number of nitrogen functional groups attached to an aromatic ring is 1. The van der Waals surface area contributed by atoms with E-state index in [4.69, 9.17) is 33.5 Å². The van der Waals surface area contributed by atoms with Crippen molar-refractivity contribution in [3.05, 3.63) is 39.0 Å². The van der Waals surface area contributed by atoms with Crippen LogP contribution in [0.4, 0.5) is 32.2 Å². The molecule has 4 N–H and O–H groups in total. The topological polar surface area (TPSA) is 127 Å². The Morgan fingerprint density at radius 2 is 1.59 bits per heavy atom. The fraction of sp³-hybridized carbons (Fsp3) is 0.167. The SMILES string of the molecule is Nc1c(C(F)(F)F)c(C(=O)NS(=O)(=O)O)nn1-c1c(Cl)cc(C(F)(F)F)cc1Cl. The van der Waals surface area contributed by atoms with Crippen molar-refractivity contribution in [2.45, 2.75) is 12.4 Å². The van der Waals surface area contributed by atoms with Gasteiger partial charge in [0.2, 0.25) is 0 Å². The monoisotopic (exact) mass is 486 g/mol. The van der Waals surface area contributed by atoms with E-state index in [1.807, 2.05) is 0 Å².